The zero-order valence-corrected chi connectivity index (χ0v) is 12.0. The van der Waals surface area contributed by atoms with Crippen molar-refractivity contribution in [1.29, 1.82) is 0 Å². The standard InChI is InChI=1S/C10H19N2O.Re/c1-6-8(13)12-10(4,5)7-9(2,3)11;/h1,7,11H2,2-5H3,(H,12,13);/q-1;. The number of amides is 1. The fraction of sp³-hybridized carbons (Fsp3) is 0.700. The molecule has 0 aliphatic carbocycles. The molecule has 0 aliphatic heterocycles. The number of carbonyl (C=O) groups is 1. The van der Waals surface area contributed by atoms with Gasteiger partial charge in [-0.1, -0.05) is 0 Å². The molecule has 0 rings (SSSR count). The van der Waals surface area contributed by atoms with Crippen LogP contribution in [-0.2, 0) is 25.2 Å². The first-order chi connectivity index (χ1) is 5.66. The number of rotatable bonds is 4. The van der Waals surface area contributed by atoms with Crippen molar-refractivity contribution in [3.8, 4) is 0 Å². The molecule has 0 aliphatic rings. The van der Waals surface area contributed by atoms with E-state index in [0.29, 0.717) is 6.42 Å². The maximum Gasteiger partial charge on any atom is 0.0623 e. The van der Waals surface area contributed by atoms with E-state index in [0.717, 1.165) is 0 Å². The first-order valence-electron chi connectivity index (χ1n) is 4.30. The quantitative estimate of drug-likeness (QED) is 0.574. The summed E-state index contributed by atoms with van der Waals surface area (Å²) >= 11 is 0. The third kappa shape index (κ3) is 8.43. The van der Waals surface area contributed by atoms with Gasteiger partial charge in [-0.05, 0) is 34.1 Å². The van der Waals surface area contributed by atoms with Crippen LogP contribution in [0.2, 0.25) is 0 Å². The molecule has 0 saturated carbocycles. The van der Waals surface area contributed by atoms with Crippen LogP contribution in [0, 0.1) is 6.08 Å². The van der Waals surface area contributed by atoms with E-state index in [1.807, 2.05) is 27.7 Å². The Labute approximate surface area is 100 Å². The minimum atomic E-state index is -0.319. The summed E-state index contributed by atoms with van der Waals surface area (Å²) in [5.41, 5.74) is 5.24. The van der Waals surface area contributed by atoms with Gasteiger partial charge in [0.25, 0.3) is 0 Å². The van der Waals surface area contributed by atoms with Crippen LogP contribution < -0.4 is 11.1 Å². The zero-order chi connectivity index (χ0) is 10.7. The van der Waals surface area contributed by atoms with Crippen molar-refractivity contribution in [2.24, 2.45) is 5.73 Å². The van der Waals surface area contributed by atoms with E-state index < -0.39 is 0 Å². The maximum absolute atomic E-state index is 11.0. The third-order valence-electron chi connectivity index (χ3n) is 1.51. The van der Waals surface area contributed by atoms with Gasteiger partial charge in [-0.15, -0.1) is 0 Å². The topological polar surface area (TPSA) is 55.1 Å². The molecule has 0 spiro atoms. The predicted molar refractivity (Wildman–Crippen MR) is 54.0 cm³/mol. The number of carbonyl (C=O) groups excluding carboxylic acids is 1. The van der Waals surface area contributed by atoms with Gasteiger partial charge in [-0.2, -0.15) is 0 Å². The van der Waals surface area contributed by atoms with E-state index in [2.05, 4.69) is 18.0 Å². The Morgan fingerprint density at radius 2 is 1.86 bits per heavy atom. The molecule has 14 heavy (non-hydrogen) atoms. The Hall–Kier alpha value is -0.168. The fourth-order valence-corrected chi connectivity index (χ4v) is 1.53. The summed E-state index contributed by atoms with van der Waals surface area (Å²) in [7, 11) is 0. The average Bonchev–Trinajstić information content (AvgIpc) is 1.80. The summed E-state index contributed by atoms with van der Waals surface area (Å²) in [5.74, 6) is -0.283. The normalized spacial score (nSPS) is 11.5. The summed E-state index contributed by atoms with van der Waals surface area (Å²) in [6.45, 7) is 11.0. The summed E-state index contributed by atoms with van der Waals surface area (Å²) in [5, 5.41) is 2.77. The fourth-order valence-electron chi connectivity index (χ4n) is 1.53. The Morgan fingerprint density at radius 1 is 1.43 bits per heavy atom. The van der Waals surface area contributed by atoms with E-state index in [4.69, 9.17) is 5.73 Å². The third-order valence-corrected chi connectivity index (χ3v) is 1.51. The second kappa shape index (κ2) is 5.65. The van der Waals surface area contributed by atoms with Crippen LogP contribution in [0.1, 0.15) is 34.1 Å². The molecule has 1 amide bonds. The number of nitrogens with two attached hydrogens (primary N) is 1. The van der Waals surface area contributed by atoms with Crippen molar-refractivity contribution >= 4 is 5.91 Å². The van der Waals surface area contributed by atoms with Crippen molar-refractivity contribution in [2.45, 2.75) is 45.2 Å². The van der Waals surface area contributed by atoms with Gasteiger partial charge in [0.05, 0.1) is 5.91 Å². The van der Waals surface area contributed by atoms with Crippen LogP contribution >= 0.6 is 0 Å². The largest absolute Gasteiger partial charge is 0.412 e. The Kier molecular flexibility index (Phi) is 6.57. The van der Waals surface area contributed by atoms with E-state index in [-0.39, 0.29) is 37.4 Å². The van der Waals surface area contributed by atoms with Gasteiger partial charge >= 0.3 is 0 Å². The molecule has 0 fully saturated rings. The van der Waals surface area contributed by atoms with Gasteiger partial charge in [-0.3, -0.25) is 6.58 Å². The second-order valence-electron chi connectivity index (χ2n) is 4.68. The van der Waals surface area contributed by atoms with Crippen LogP contribution in [0.15, 0.2) is 6.58 Å². The average molecular weight is 369 g/mol. The van der Waals surface area contributed by atoms with Crippen molar-refractivity contribution < 1.29 is 25.2 Å². The molecular formula is C10H19N2ORe-. The molecule has 0 atom stereocenters. The van der Waals surface area contributed by atoms with Crippen molar-refractivity contribution in [1.82, 2.24) is 5.32 Å². The summed E-state index contributed by atoms with van der Waals surface area (Å²) in [6.07, 6.45) is 2.97. The summed E-state index contributed by atoms with van der Waals surface area (Å²) in [6, 6.07) is 0. The molecule has 4 heteroatoms. The predicted octanol–water partition coefficient (Wildman–Crippen LogP) is 0.995. The molecule has 83 valence electrons. The van der Waals surface area contributed by atoms with Crippen LogP contribution in [0.25, 0.3) is 0 Å². The molecule has 0 heterocycles. The molecule has 0 aromatic heterocycles. The molecular weight excluding hydrogens is 350 g/mol. The molecule has 0 aromatic carbocycles. The van der Waals surface area contributed by atoms with E-state index in [1.165, 1.54) is 0 Å². The first-order valence-corrected chi connectivity index (χ1v) is 4.30. The monoisotopic (exact) mass is 370 g/mol. The Bertz CT molecular complexity index is 207. The molecule has 3 nitrogen and oxygen atoms in total. The molecule has 0 saturated heterocycles. The van der Waals surface area contributed by atoms with Crippen LogP contribution in [0.3, 0.4) is 0 Å². The van der Waals surface area contributed by atoms with Gasteiger partial charge in [0, 0.05) is 31.5 Å². The molecule has 0 aromatic rings. The van der Waals surface area contributed by atoms with Gasteiger partial charge in [0.1, 0.15) is 0 Å². The van der Waals surface area contributed by atoms with E-state index in [9.17, 15) is 4.79 Å². The number of nitrogens with one attached hydrogen (secondary N) is 1. The van der Waals surface area contributed by atoms with Crippen LogP contribution in [0.5, 0.6) is 0 Å². The number of hydrogen-bond donors (Lipinski definition) is 2. The van der Waals surface area contributed by atoms with Crippen molar-refractivity contribution in [3.63, 3.8) is 0 Å². The SMILES string of the molecule is C=[C-]C(=O)NC(C)(C)CC(C)(C)N.[Re]. The minimum Gasteiger partial charge on any atom is -0.412 e. The molecule has 0 unspecified atom stereocenters. The molecule has 3 N–H and O–H groups in total. The second-order valence-corrected chi connectivity index (χ2v) is 4.68. The minimum absolute atomic E-state index is 0. The van der Waals surface area contributed by atoms with Crippen molar-refractivity contribution in [3.05, 3.63) is 12.7 Å². The van der Waals surface area contributed by atoms with Gasteiger partial charge in [-0.25, -0.2) is 0 Å². The smallest absolute Gasteiger partial charge is 0.0623 e. The van der Waals surface area contributed by atoms with E-state index >= 15 is 0 Å². The van der Waals surface area contributed by atoms with Crippen LogP contribution in [0.4, 0.5) is 0 Å². The Morgan fingerprint density at radius 3 is 2.14 bits per heavy atom. The summed E-state index contributed by atoms with van der Waals surface area (Å²) < 4.78 is 0. The summed E-state index contributed by atoms with van der Waals surface area (Å²) in [4.78, 5) is 11.0. The zero-order valence-electron chi connectivity index (χ0n) is 9.28. The Balaban J connectivity index is 0. The van der Waals surface area contributed by atoms with Crippen molar-refractivity contribution in [2.75, 3.05) is 0 Å². The van der Waals surface area contributed by atoms with E-state index in [1.54, 1.807) is 0 Å². The first kappa shape index (κ1) is 16.3. The van der Waals surface area contributed by atoms with Crippen LogP contribution in [-0.4, -0.2) is 17.0 Å². The van der Waals surface area contributed by atoms with Gasteiger partial charge in [0.15, 0.2) is 0 Å². The maximum atomic E-state index is 11.0. The van der Waals surface area contributed by atoms with Gasteiger partial charge in [0.2, 0.25) is 0 Å². The number of hydrogen-bond acceptors (Lipinski definition) is 2. The van der Waals surface area contributed by atoms with Gasteiger partial charge < -0.3 is 21.9 Å². The molecule has 0 bridgehead atoms. The molecule has 1 radical (unpaired) electrons.